The molecule has 0 atom stereocenters. The SMILES string of the molecule is Cc1csc(C(=O)NCC2(O)CCCC2)c1Cl. The molecular weight excluding hydrogens is 258 g/mol. The topological polar surface area (TPSA) is 49.3 Å². The number of carbonyl (C=O) groups is 1. The Bertz CT molecular complexity index is 424. The Morgan fingerprint density at radius 1 is 1.59 bits per heavy atom. The lowest BCUT2D eigenvalue weighted by molar-refractivity contribution is 0.0450. The number of thiophene rings is 1. The molecular formula is C12H16ClNO2S. The Kier molecular flexibility index (Phi) is 3.76. The molecule has 2 rings (SSSR count). The van der Waals surface area contributed by atoms with Gasteiger partial charge in [-0.05, 0) is 30.7 Å². The standard InChI is InChI=1S/C12H16ClNO2S/c1-8-6-17-10(9(8)13)11(15)14-7-12(16)4-2-3-5-12/h6,16H,2-5,7H2,1H3,(H,14,15). The maximum atomic E-state index is 11.9. The second-order valence-electron chi connectivity index (χ2n) is 4.68. The first kappa shape index (κ1) is 12.9. The number of halogens is 1. The lowest BCUT2D eigenvalue weighted by atomic mass is 10.0. The van der Waals surface area contributed by atoms with Gasteiger partial charge in [-0.2, -0.15) is 0 Å². The van der Waals surface area contributed by atoms with Gasteiger partial charge in [0.1, 0.15) is 4.88 Å². The molecule has 1 saturated carbocycles. The van der Waals surface area contributed by atoms with Crippen molar-refractivity contribution in [1.82, 2.24) is 5.32 Å². The molecule has 1 aromatic rings. The molecule has 0 aromatic carbocycles. The Morgan fingerprint density at radius 2 is 2.24 bits per heavy atom. The molecule has 0 saturated heterocycles. The van der Waals surface area contributed by atoms with Crippen LogP contribution in [0.5, 0.6) is 0 Å². The molecule has 17 heavy (non-hydrogen) atoms. The third-order valence-corrected chi connectivity index (χ3v) is 4.91. The van der Waals surface area contributed by atoms with Crippen LogP contribution >= 0.6 is 22.9 Å². The van der Waals surface area contributed by atoms with Crippen molar-refractivity contribution in [3.05, 3.63) is 20.8 Å². The zero-order chi connectivity index (χ0) is 12.5. The van der Waals surface area contributed by atoms with E-state index < -0.39 is 5.60 Å². The van der Waals surface area contributed by atoms with E-state index in [1.54, 1.807) is 0 Å². The van der Waals surface area contributed by atoms with Crippen molar-refractivity contribution >= 4 is 28.8 Å². The van der Waals surface area contributed by atoms with Crippen LogP contribution in [-0.2, 0) is 0 Å². The highest BCUT2D eigenvalue weighted by atomic mass is 35.5. The monoisotopic (exact) mass is 273 g/mol. The second-order valence-corrected chi connectivity index (χ2v) is 5.93. The van der Waals surface area contributed by atoms with E-state index in [2.05, 4.69) is 5.32 Å². The molecule has 1 aromatic heterocycles. The first-order valence-electron chi connectivity index (χ1n) is 5.76. The summed E-state index contributed by atoms with van der Waals surface area (Å²) in [5, 5.41) is 15.3. The third kappa shape index (κ3) is 2.81. The summed E-state index contributed by atoms with van der Waals surface area (Å²) in [6.07, 6.45) is 3.60. The van der Waals surface area contributed by atoms with Crippen LogP contribution in [0.3, 0.4) is 0 Å². The number of rotatable bonds is 3. The van der Waals surface area contributed by atoms with Gasteiger partial charge in [0, 0.05) is 6.54 Å². The summed E-state index contributed by atoms with van der Waals surface area (Å²) in [5.74, 6) is -0.187. The molecule has 0 aliphatic heterocycles. The summed E-state index contributed by atoms with van der Waals surface area (Å²) in [6, 6.07) is 0. The van der Waals surface area contributed by atoms with Gasteiger partial charge < -0.3 is 10.4 Å². The van der Waals surface area contributed by atoms with Gasteiger partial charge in [0.15, 0.2) is 0 Å². The summed E-state index contributed by atoms with van der Waals surface area (Å²) in [6.45, 7) is 2.19. The largest absolute Gasteiger partial charge is 0.388 e. The number of hydrogen-bond acceptors (Lipinski definition) is 3. The summed E-state index contributed by atoms with van der Waals surface area (Å²) in [7, 11) is 0. The minimum atomic E-state index is -0.714. The van der Waals surface area contributed by atoms with Crippen molar-refractivity contribution in [2.24, 2.45) is 0 Å². The molecule has 1 amide bonds. The van der Waals surface area contributed by atoms with Gasteiger partial charge in [0.05, 0.1) is 10.6 Å². The molecule has 2 N–H and O–H groups in total. The van der Waals surface area contributed by atoms with Crippen LogP contribution in [0.25, 0.3) is 0 Å². The van der Waals surface area contributed by atoms with Crippen LogP contribution in [0.1, 0.15) is 40.9 Å². The summed E-state index contributed by atoms with van der Waals surface area (Å²) < 4.78 is 0. The number of hydrogen-bond donors (Lipinski definition) is 2. The Morgan fingerprint density at radius 3 is 2.76 bits per heavy atom. The Labute approximate surface area is 110 Å². The minimum Gasteiger partial charge on any atom is -0.388 e. The van der Waals surface area contributed by atoms with E-state index in [9.17, 15) is 9.90 Å². The van der Waals surface area contributed by atoms with E-state index in [1.807, 2.05) is 12.3 Å². The van der Waals surface area contributed by atoms with E-state index >= 15 is 0 Å². The van der Waals surface area contributed by atoms with Crippen LogP contribution in [0, 0.1) is 6.92 Å². The molecule has 1 aliphatic carbocycles. The quantitative estimate of drug-likeness (QED) is 0.890. The Hall–Kier alpha value is -0.580. The highest BCUT2D eigenvalue weighted by molar-refractivity contribution is 7.13. The van der Waals surface area contributed by atoms with Gasteiger partial charge in [-0.1, -0.05) is 24.4 Å². The molecule has 1 heterocycles. The van der Waals surface area contributed by atoms with Crippen LogP contribution in [0.4, 0.5) is 0 Å². The van der Waals surface area contributed by atoms with E-state index in [0.717, 1.165) is 31.2 Å². The number of aryl methyl sites for hydroxylation is 1. The lowest BCUT2D eigenvalue weighted by Gasteiger charge is -2.22. The first-order chi connectivity index (χ1) is 8.02. The van der Waals surface area contributed by atoms with Crippen molar-refractivity contribution in [3.8, 4) is 0 Å². The van der Waals surface area contributed by atoms with E-state index in [-0.39, 0.29) is 5.91 Å². The fraction of sp³-hybridized carbons (Fsp3) is 0.583. The number of carbonyl (C=O) groups excluding carboxylic acids is 1. The van der Waals surface area contributed by atoms with Crippen molar-refractivity contribution in [1.29, 1.82) is 0 Å². The summed E-state index contributed by atoms with van der Waals surface area (Å²) >= 11 is 7.36. The van der Waals surface area contributed by atoms with Gasteiger partial charge >= 0.3 is 0 Å². The second kappa shape index (κ2) is 4.96. The molecule has 1 aliphatic rings. The van der Waals surface area contributed by atoms with Crippen molar-refractivity contribution in [2.45, 2.75) is 38.2 Å². The smallest absolute Gasteiger partial charge is 0.262 e. The maximum absolute atomic E-state index is 11.9. The average Bonchev–Trinajstić information content (AvgIpc) is 2.86. The molecule has 0 bridgehead atoms. The highest BCUT2D eigenvalue weighted by Gasteiger charge is 2.31. The average molecular weight is 274 g/mol. The zero-order valence-electron chi connectivity index (χ0n) is 9.75. The van der Waals surface area contributed by atoms with Crippen LogP contribution in [0.15, 0.2) is 5.38 Å². The normalized spacial score (nSPS) is 18.3. The van der Waals surface area contributed by atoms with E-state index in [4.69, 9.17) is 11.6 Å². The molecule has 0 radical (unpaired) electrons. The van der Waals surface area contributed by atoms with E-state index in [0.29, 0.717) is 16.4 Å². The van der Waals surface area contributed by atoms with Crippen LogP contribution < -0.4 is 5.32 Å². The number of aliphatic hydroxyl groups is 1. The van der Waals surface area contributed by atoms with Gasteiger partial charge in [-0.3, -0.25) is 4.79 Å². The maximum Gasteiger partial charge on any atom is 0.262 e. The van der Waals surface area contributed by atoms with Crippen molar-refractivity contribution < 1.29 is 9.90 Å². The molecule has 1 fully saturated rings. The van der Waals surface area contributed by atoms with Crippen molar-refractivity contribution in [3.63, 3.8) is 0 Å². The van der Waals surface area contributed by atoms with Gasteiger partial charge in [0.25, 0.3) is 5.91 Å². The zero-order valence-corrected chi connectivity index (χ0v) is 11.3. The predicted molar refractivity (Wildman–Crippen MR) is 69.8 cm³/mol. The third-order valence-electron chi connectivity index (χ3n) is 3.22. The summed E-state index contributed by atoms with van der Waals surface area (Å²) in [5.41, 5.74) is 0.204. The minimum absolute atomic E-state index is 0.187. The van der Waals surface area contributed by atoms with Crippen LogP contribution in [-0.4, -0.2) is 23.2 Å². The molecule has 0 unspecified atom stereocenters. The van der Waals surface area contributed by atoms with Crippen LogP contribution in [0.2, 0.25) is 5.02 Å². The molecule has 94 valence electrons. The van der Waals surface area contributed by atoms with E-state index in [1.165, 1.54) is 11.3 Å². The Balaban J connectivity index is 1.96. The fourth-order valence-electron chi connectivity index (χ4n) is 2.12. The van der Waals surface area contributed by atoms with Gasteiger partial charge in [0.2, 0.25) is 0 Å². The predicted octanol–water partition coefficient (Wildman–Crippen LogP) is 2.74. The fourth-order valence-corrected chi connectivity index (χ4v) is 3.31. The lowest BCUT2D eigenvalue weighted by Crippen LogP contribution is -2.40. The highest BCUT2D eigenvalue weighted by Crippen LogP contribution is 2.30. The number of nitrogens with one attached hydrogen (secondary N) is 1. The van der Waals surface area contributed by atoms with Gasteiger partial charge in [-0.15, -0.1) is 11.3 Å². The molecule has 5 heteroatoms. The summed E-state index contributed by atoms with van der Waals surface area (Å²) in [4.78, 5) is 12.4. The molecule has 0 spiro atoms. The van der Waals surface area contributed by atoms with Crippen molar-refractivity contribution in [2.75, 3.05) is 6.54 Å². The van der Waals surface area contributed by atoms with Gasteiger partial charge in [-0.25, -0.2) is 0 Å². The molecule has 3 nitrogen and oxygen atoms in total. The first-order valence-corrected chi connectivity index (χ1v) is 7.02. The number of amides is 1.